The fourth-order valence-electron chi connectivity index (χ4n) is 1.85. The van der Waals surface area contributed by atoms with E-state index in [-0.39, 0.29) is 0 Å². The highest BCUT2D eigenvalue weighted by Crippen LogP contribution is 2.30. The van der Waals surface area contributed by atoms with Crippen molar-refractivity contribution in [1.29, 1.82) is 0 Å². The van der Waals surface area contributed by atoms with Gasteiger partial charge in [-0.15, -0.1) is 0 Å². The number of thioether (sulfide) groups is 1. The molecule has 0 aliphatic rings. The van der Waals surface area contributed by atoms with Crippen molar-refractivity contribution in [1.82, 2.24) is 0 Å². The van der Waals surface area contributed by atoms with Crippen LogP contribution >= 0.6 is 35.6 Å². The highest BCUT2D eigenvalue weighted by molar-refractivity contribution is 8.23. The van der Waals surface area contributed by atoms with Gasteiger partial charge in [0.2, 0.25) is 0 Å². The Morgan fingerprint density at radius 2 is 1.79 bits per heavy atom. The Bertz CT molecular complexity index is 577. The quantitative estimate of drug-likeness (QED) is 0.509. The van der Waals surface area contributed by atoms with Crippen molar-refractivity contribution < 1.29 is 0 Å². The van der Waals surface area contributed by atoms with Gasteiger partial charge >= 0.3 is 0 Å². The molecule has 2 aromatic carbocycles. The summed E-state index contributed by atoms with van der Waals surface area (Å²) in [5.41, 5.74) is 2.32. The van der Waals surface area contributed by atoms with Crippen LogP contribution in [0.15, 0.2) is 53.4 Å². The zero-order chi connectivity index (χ0) is 13.8. The Hall–Kier alpha value is -0.830. The monoisotopic (exact) mass is 306 g/mol. The number of thiocarbonyl (C=S) groups is 1. The van der Waals surface area contributed by atoms with Crippen LogP contribution in [0.4, 0.5) is 0 Å². The molecule has 0 atom stereocenters. The molecule has 0 N–H and O–H groups in total. The van der Waals surface area contributed by atoms with Gasteiger partial charge < -0.3 is 0 Å². The van der Waals surface area contributed by atoms with Gasteiger partial charge in [0, 0.05) is 15.5 Å². The van der Waals surface area contributed by atoms with E-state index >= 15 is 0 Å². The Balaban J connectivity index is 2.29. The number of hydrogen-bond donors (Lipinski definition) is 0. The van der Waals surface area contributed by atoms with Crippen molar-refractivity contribution in [2.75, 3.05) is 0 Å². The van der Waals surface area contributed by atoms with Crippen molar-refractivity contribution in [2.24, 2.45) is 0 Å². The first-order valence-corrected chi connectivity index (χ1v) is 7.75. The van der Waals surface area contributed by atoms with Crippen molar-refractivity contribution in [3.63, 3.8) is 0 Å². The maximum Gasteiger partial charge on any atom is 0.0828 e. The van der Waals surface area contributed by atoms with Gasteiger partial charge in [-0.3, -0.25) is 0 Å². The lowest BCUT2D eigenvalue weighted by Crippen LogP contribution is -2.00. The molecular formula is C16H15ClS2. The van der Waals surface area contributed by atoms with Gasteiger partial charge in [-0.25, -0.2) is 0 Å². The van der Waals surface area contributed by atoms with Crippen LogP contribution in [0.2, 0.25) is 5.02 Å². The van der Waals surface area contributed by atoms with E-state index in [9.17, 15) is 0 Å². The molecule has 0 saturated heterocycles. The lowest BCUT2D eigenvalue weighted by atomic mass is 9.98. The molecule has 0 fully saturated rings. The Kier molecular flexibility index (Phi) is 5.03. The predicted molar refractivity (Wildman–Crippen MR) is 89.5 cm³/mol. The first kappa shape index (κ1) is 14.6. The van der Waals surface area contributed by atoms with Crippen LogP contribution in [0.3, 0.4) is 0 Å². The number of rotatable bonds is 3. The smallest absolute Gasteiger partial charge is 0.0828 e. The Labute approximate surface area is 129 Å². The standard InChI is InChI=1S/C16H15ClS2/c1-11(2)15-10-12(17)8-9-14(15)16(18)19-13-6-4-3-5-7-13/h3-11H,1-2H3. The molecule has 0 aromatic heterocycles. The molecule has 0 aliphatic heterocycles. The summed E-state index contributed by atoms with van der Waals surface area (Å²) in [7, 11) is 0. The van der Waals surface area contributed by atoms with Crippen LogP contribution in [-0.4, -0.2) is 4.20 Å². The molecule has 0 spiro atoms. The van der Waals surface area contributed by atoms with E-state index in [0.717, 1.165) is 19.7 Å². The number of benzene rings is 2. The number of halogens is 1. The lowest BCUT2D eigenvalue weighted by Gasteiger charge is -2.14. The van der Waals surface area contributed by atoms with E-state index in [1.807, 2.05) is 36.4 Å². The molecule has 0 unspecified atom stereocenters. The second-order valence-electron chi connectivity index (χ2n) is 4.59. The van der Waals surface area contributed by atoms with E-state index < -0.39 is 0 Å². The third-order valence-corrected chi connectivity index (χ3v) is 4.43. The van der Waals surface area contributed by atoms with Crippen molar-refractivity contribution >= 4 is 39.8 Å². The molecule has 3 heteroatoms. The van der Waals surface area contributed by atoms with Crippen LogP contribution in [0.5, 0.6) is 0 Å². The molecule has 0 amide bonds. The van der Waals surface area contributed by atoms with E-state index in [1.54, 1.807) is 11.8 Å². The van der Waals surface area contributed by atoms with Crippen LogP contribution < -0.4 is 0 Å². The summed E-state index contributed by atoms with van der Waals surface area (Å²) in [4.78, 5) is 1.16. The lowest BCUT2D eigenvalue weighted by molar-refractivity contribution is 0.865. The topological polar surface area (TPSA) is 0 Å². The second-order valence-corrected chi connectivity index (χ2v) is 6.78. The van der Waals surface area contributed by atoms with Gasteiger partial charge in [0.25, 0.3) is 0 Å². The molecular weight excluding hydrogens is 292 g/mol. The van der Waals surface area contributed by atoms with Gasteiger partial charge in [-0.2, -0.15) is 0 Å². The van der Waals surface area contributed by atoms with Gasteiger partial charge in [-0.05, 0) is 35.7 Å². The minimum absolute atomic E-state index is 0.406. The third-order valence-electron chi connectivity index (χ3n) is 2.81. The summed E-state index contributed by atoms with van der Waals surface area (Å²) >= 11 is 13.3. The fourth-order valence-corrected chi connectivity index (χ4v) is 3.31. The van der Waals surface area contributed by atoms with Crippen LogP contribution in [0.1, 0.15) is 30.9 Å². The average Bonchev–Trinajstić information content (AvgIpc) is 2.39. The Morgan fingerprint density at radius 1 is 1.11 bits per heavy atom. The highest BCUT2D eigenvalue weighted by Gasteiger charge is 2.12. The number of hydrogen-bond acceptors (Lipinski definition) is 2. The van der Waals surface area contributed by atoms with Crippen molar-refractivity contribution in [3.05, 3.63) is 64.7 Å². The summed E-state index contributed by atoms with van der Waals surface area (Å²) in [5, 5.41) is 0.764. The molecule has 0 radical (unpaired) electrons. The summed E-state index contributed by atoms with van der Waals surface area (Å²) < 4.78 is 0.895. The van der Waals surface area contributed by atoms with Gasteiger partial charge in [0.05, 0.1) is 4.20 Å². The summed E-state index contributed by atoms with van der Waals surface area (Å²) in [6.45, 7) is 4.32. The van der Waals surface area contributed by atoms with E-state index in [4.69, 9.17) is 23.8 Å². The van der Waals surface area contributed by atoms with Crippen molar-refractivity contribution in [3.8, 4) is 0 Å². The summed E-state index contributed by atoms with van der Waals surface area (Å²) in [5.74, 6) is 0.406. The average molecular weight is 307 g/mol. The minimum atomic E-state index is 0.406. The molecule has 0 heterocycles. The van der Waals surface area contributed by atoms with Crippen LogP contribution in [0, 0.1) is 0 Å². The molecule has 19 heavy (non-hydrogen) atoms. The SMILES string of the molecule is CC(C)c1cc(Cl)ccc1C(=S)Sc1ccccc1. The predicted octanol–water partition coefficient (Wildman–Crippen LogP) is 5.93. The van der Waals surface area contributed by atoms with Crippen LogP contribution in [0.25, 0.3) is 0 Å². The molecule has 0 aliphatic carbocycles. The molecule has 98 valence electrons. The van der Waals surface area contributed by atoms with Gasteiger partial charge in [0.1, 0.15) is 0 Å². The maximum atomic E-state index is 6.08. The summed E-state index contributed by atoms with van der Waals surface area (Å²) in [6, 6.07) is 16.1. The zero-order valence-corrected chi connectivity index (χ0v) is 13.3. The zero-order valence-electron chi connectivity index (χ0n) is 10.9. The van der Waals surface area contributed by atoms with E-state index in [1.165, 1.54) is 5.56 Å². The van der Waals surface area contributed by atoms with Gasteiger partial charge in [0.15, 0.2) is 0 Å². The van der Waals surface area contributed by atoms with Gasteiger partial charge in [-0.1, -0.05) is 73.7 Å². The summed E-state index contributed by atoms with van der Waals surface area (Å²) in [6.07, 6.45) is 0. The highest BCUT2D eigenvalue weighted by atomic mass is 35.5. The first-order valence-electron chi connectivity index (χ1n) is 6.14. The fraction of sp³-hybridized carbons (Fsp3) is 0.188. The molecule has 0 bridgehead atoms. The molecule has 2 rings (SSSR count). The largest absolute Gasteiger partial charge is 0.0843 e. The molecule has 2 aromatic rings. The van der Waals surface area contributed by atoms with E-state index in [0.29, 0.717) is 5.92 Å². The Morgan fingerprint density at radius 3 is 2.42 bits per heavy atom. The molecule has 0 saturated carbocycles. The second kappa shape index (κ2) is 6.56. The maximum absolute atomic E-state index is 6.08. The molecule has 0 nitrogen and oxygen atoms in total. The van der Waals surface area contributed by atoms with E-state index in [2.05, 4.69) is 26.0 Å². The van der Waals surface area contributed by atoms with Crippen molar-refractivity contribution in [2.45, 2.75) is 24.7 Å². The normalized spacial score (nSPS) is 10.7. The third kappa shape index (κ3) is 3.82. The van der Waals surface area contributed by atoms with Crippen LogP contribution in [-0.2, 0) is 0 Å². The minimum Gasteiger partial charge on any atom is -0.0843 e. The first-order chi connectivity index (χ1) is 9.08.